The molecule has 0 aromatic carbocycles. The van der Waals surface area contributed by atoms with Gasteiger partial charge in [-0.1, -0.05) is 70.4 Å². The molecule has 0 aromatic heterocycles. The number of allylic oxidation sites excluding steroid dienone is 2. The van der Waals surface area contributed by atoms with E-state index in [4.69, 9.17) is 4.74 Å². The van der Waals surface area contributed by atoms with Gasteiger partial charge < -0.3 is 19.1 Å². The van der Waals surface area contributed by atoms with Crippen molar-refractivity contribution in [2.24, 2.45) is 0 Å². The smallest absolute Gasteiger partial charge is 0.306 e. The number of aliphatic carboxylic acids is 1. The summed E-state index contributed by atoms with van der Waals surface area (Å²) >= 11 is 0. The Balaban J connectivity index is 3.63. The Morgan fingerprint density at radius 3 is 1.83 bits per heavy atom. The molecule has 5 nitrogen and oxygen atoms in total. The second-order valence-electron chi connectivity index (χ2n) is 9.50. The van der Waals surface area contributed by atoms with Crippen LogP contribution in [0.1, 0.15) is 103 Å². The molecule has 5 heteroatoms. The van der Waals surface area contributed by atoms with Crippen LogP contribution >= 0.6 is 0 Å². The van der Waals surface area contributed by atoms with E-state index in [1.54, 1.807) is 0 Å². The number of carbonyl (C=O) groups is 2. The third-order valence-corrected chi connectivity index (χ3v) is 5.09. The van der Waals surface area contributed by atoms with Gasteiger partial charge in [-0.3, -0.25) is 4.79 Å². The molecule has 0 amide bonds. The molecule has 1 atom stereocenters. The van der Waals surface area contributed by atoms with E-state index in [1.165, 1.54) is 64.2 Å². The van der Waals surface area contributed by atoms with E-state index in [0.29, 0.717) is 17.4 Å². The number of nitrogens with zero attached hydrogens (tertiary/aromatic N) is 1. The molecule has 0 spiro atoms. The van der Waals surface area contributed by atoms with Gasteiger partial charge in [-0.15, -0.1) is 0 Å². The van der Waals surface area contributed by atoms with E-state index in [2.05, 4.69) is 19.1 Å². The molecule has 0 radical (unpaired) electrons. The van der Waals surface area contributed by atoms with Crippen LogP contribution in [0.4, 0.5) is 0 Å². The summed E-state index contributed by atoms with van der Waals surface area (Å²) in [5.41, 5.74) is 0. The molecule has 0 fully saturated rings. The lowest BCUT2D eigenvalue weighted by molar-refractivity contribution is -0.873. The second kappa shape index (κ2) is 18.4. The molecule has 0 saturated heterocycles. The zero-order valence-electron chi connectivity index (χ0n) is 20.1. The average molecular weight is 426 g/mol. The second-order valence-corrected chi connectivity index (χ2v) is 9.50. The highest BCUT2D eigenvalue weighted by Crippen LogP contribution is 2.12. The summed E-state index contributed by atoms with van der Waals surface area (Å²) in [6.45, 7) is 2.71. The molecule has 0 aliphatic heterocycles. The molecule has 176 valence electrons. The molecule has 1 unspecified atom stereocenters. The van der Waals surface area contributed by atoms with Gasteiger partial charge in [0.2, 0.25) is 0 Å². The molecule has 0 bridgehead atoms. The minimum atomic E-state index is -1.18. The molecule has 0 heterocycles. The van der Waals surface area contributed by atoms with Crippen molar-refractivity contribution in [1.29, 1.82) is 0 Å². The summed E-state index contributed by atoms with van der Waals surface area (Å²) in [4.78, 5) is 22.9. The Morgan fingerprint density at radius 2 is 1.33 bits per heavy atom. The Morgan fingerprint density at radius 1 is 0.833 bits per heavy atom. The maximum Gasteiger partial charge on any atom is 0.306 e. The van der Waals surface area contributed by atoms with Crippen molar-refractivity contribution in [3.63, 3.8) is 0 Å². The van der Waals surface area contributed by atoms with Crippen molar-refractivity contribution in [3.8, 4) is 0 Å². The molecule has 0 aliphatic rings. The van der Waals surface area contributed by atoms with Gasteiger partial charge in [0.1, 0.15) is 6.54 Å². The Kier molecular flexibility index (Phi) is 17.6. The van der Waals surface area contributed by atoms with Crippen molar-refractivity contribution in [3.05, 3.63) is 12.2 Å². The Labute approximate surface area is 185 Å². The monoisotopic (exact) mass is 425 g/mol. The molecular weight excluding hydrogens is 378 g/mol. The van der Waals surface area contributed by atoms with Gasteiger partial charge in [-0.25, -0.2) is 0 Å². The van der Waals surface area contributed by atoms with Gasteiger partial charge in [-0.2, -0.15) is 0 Å². The number of rotatable bonds is 20. The number of likely N-dealkylation sites (N-methyl/N-ethyl adjacent to an activating group) is 1. The third kappa shape index (κ3) is 21.4. The van der Waals surface area contributed by atoms with Crippen LogP contribution in [0.2, 0.25) is 0 Å². The van der Waals surface area contributed by atoms with E-state index in [1.807, 2.05) is 21.1 Å². The van der Waals surface area contributed by atoms with E-state index >= 15 is 0 Å². The number of quaternary nitrogens is 1. The van der Waals surface area contributed by atoms with Crippen molar-refractivity contribution < 1.29 is 23.9 Å². The zero-order chi connectivity index (χ0) is 22.7. The van der Waals surface area contributed by atoms with Crippen LogP contribution in [-0.2, 0) is 14.3 Å². The highest BCUT2D eigenvalue weighted by Gasteiger charge is 2.22. The lowest BCUT2D eigenvalue weighted by atomic mass is 10.1. The summed E-state index contributed by atoms with van der Waals surface area (Å²) in [6, 6.07) is 0. The Bertz CT molecular complexity index is 468. The molecular formula is C25H47NO4. The standard InChI is InChI=1S/C25H47NO4/c1-5-6-7-8-9-10-11-12-13-14-15-16-17-18-19-20-25(29)30-23(21-24(27)28)22-26(2,3)4/h10-11,23H,5-9,12-22H2,1-4H3/b11-10+. The number of unbranched alkanes of at least 4 members (excludes halogenated alkanes) is 11. The number of hydrogen-bond acceptors (Lipinski definition) is 4. The van der Waals surface area contributed by atoms with Gasteiger partial charge >= 0.3 is 5.97 Å². The quantitative estimate of drug-likeness (QED) is 0.122. The number of esters is 1. The predicted octanol–water partition coefficient (Wildman–Crippen LogP) is 4.78. The fourth-order valence-electron chi connectivity index (χ4n) is 3.53. The summed E-state index contributed by atoms with van der Waals surface area (Å²) in [5.74, 6) is -1.47. The van der Waals surface area contributed by atoms with Crippen LogP contribution in [0.15, 0.2) is 12.2 Å². The molecule has 0 rings (SSSR count). The number of ether oxygens (including phenoxy) is 1. The van der Waals surface area contributed by atoms with Crippen LogP contribution in [0.5, 0.6) is 0 Å². The molecule has 30 heavy (non-hydrogen) atoms. The van der Waals surface area contributed by atoms with E-state index < -0.39 is 12.1 Å². The first kappa shape index (κ1) is 28.6. The zero-order valence-corrected chi connectivity index (χ0v) is 20.1. The summed E-state index contributed by atoms with van der Waals surface area (Å²) in [7, 11) is 5.84. The molecule has 0 aromatic rings. The van der Waals surface area contributed by atoms with Crippen LogP contribution < -0.4 is 5.11 Å². The minimum absolute atomic E-state index is 0.241. The lowest BCUT2D eigenvalue weighted by Gasteiger charge is -2.29. The van der Waals surface area contributed by atoms with Gasteiger partial charge in [0.25, 0.3) is 0 Å². The van der Waals surface area contributed by atoms with Gasteiger partial charge in [0.15, 0.2) is 6.10 Å². The average Bonchev–Trinajstić information content (AvgIpc) is 2.63. The topological polar surface area (TPSA) is 66.4 Å². The van der Waals surface area contributed by atoms with Gasteiger partial charge in [0.05, 0.1) is 21.1 Å². The van der Waals surface area contributed by atoms with E-state index in [-0.39, 0.29) is 12.4 Å². The van der Waals surface area contributed by atoms with E-state index in [9.17, 15) is 14.7 Å². The first-order valence-corrected chi connectivity index (χ1v) is 12.1. The van der Waals surface area contributed by atoms with Crippen LogP contribution in [0, 0.1) is 0 Å². The number of carbonyl (C=O) groups excluding carboxylic acids is 2. The predicted molar refractivity (Wildman–Crippen MR) is 122 cm³/mol. The number of carboxylic acids is 1. The maximum atomic E-state index is 12.0. The molecule has 0 saturated carbocycles. The summed E-state index contributed by atoms with van der Waals surface area (Å²) < 4.78 is 5.92. The van der Waals surface area contributed by atoms with Crippen LogP contribution in [0.3, 0.4) is 0 Å². The maximum absolute atomic E-state index is 12.0. The lowest BCUT2D eigenvalue weighted by Crippen LogP contribution is -2.45. The van der Waals surface area contributed by atoms with Crippen molar-refractivity contribution in [1.82, 2.24) is 0 Å². The van der Waals surface area contributed by atoms with Crippen molar-refractivity contribution >= 4 is 11.9 Å². The van der Waals surface area contributed by atoms with Gasteiger partial charge in [-0.05, 0) is 32.1 Å². The first-order valence-electron chi connectivity index (χ1n) is 12.1. The van der Waals surface area contributed by atoms with Crippen LogP contribution in [-0.4, -0.2) is 50.2 Å². The fraction of sp³-hybridized carbons (Fsp3) is 0.840. The normalized spacial score (nSPS) is 12.9. The number of carboxylic acid groups (broad SMARTS) is 1. The van der Waals surface area contributed by atoms with E-state index in [0.717, 1.165) is 19.3 Å². The molecule has 0 N–H and O–H groups in total. The third-order valence-electron chi connectivity index (χ3n) is 5.09. The van der Waals surface area contributed by atoms with Crippen molar-refractivity contribution in [2.45, 2.75) is 109 Å². The van der Waals surface area contributed by atoms with Crippen LogP contribution in [0.25, 0.3) is 0 Å². The highest BCUT2D eigenvalue weighted by molar-refractivity contribution is 5.70. The number of hydrogen-bond donors (Lipinski definition) is 0. The fourth-order valence-corrected chi connectivity index (χ4v) is 3.53. The largest absolute Gasteiger partial charge is 0.550 e. The summed E-state index contributed by atoms with van der Waals surface area (Å²) in [6.07, 6.45) is 19.9. The Hall–Kier alpha value is -1.36. The SMILES string of the molecule is CCCCCC/C=C/CCCCCCCCCC(=O)OC(CC(=O)[O-])C[N+](C)(C)C. The summed E-state index contributed by atoms with van der Waals surface area (Å²) in [5, 5.41) is 10.9. The highest BCUT2D eigenvalue weighted by atomic mass is 16.5. The minimum Gasteiger partial charge on any atom is -0.550 e. The first-order chi connectivity index (χ1) is 14.2. The van der Waals surface area contributed by atoms with Gasteiger partial charge in [0, 0.05) is 18.8 Å². The van der Waals surface area contributed by atoms with Crippen molar-refractivity contribution in [2.75, 3.05) is 27.7 Å². The molecule has 0 aliphatic carbocycles.